The molecule has 4 heterocycles. The highest BCUT2D eigenvalue weighted by atomic mass is 32.2. The van der Waals surface area contributed by atoms with E-state index in [0.717, 1.165) is 38.5 Å². The van der Waals surface area contributed by atoms with Gasteiger partial charge in [-0.2, -0.15) is 4.31 Å². The van der Waals surface area contributed by atoms with Crippen molar-refractivity contribution in [1.29, 1.82) is 0 Å². The number of fused-ring (bicyclic) bond motifs is 3. The van der Waals surface area contributed by atoms with Crippen molar-refractivity contribution < 1.29 is 21.6 Å². The minimum Gasteiger partial charge on any atom is -0.374 e. The lowest BCUT2D eigenvalue weighted by molar-refractivity contribution is -0.130. The average Bonchev–Trinajstić information content (AvgIpc) is 3.16. The van der Waals surface area contributed by atoms with E-state index in [9.17, 15) is 16.8 Å². The molecule has 1 aliphatic carbocycles. The van der Waals surface area contributed by atoms with Crippen LogP contribution in [0.5, 0.6) is 0 Å². The summed E-state index contributed by atoms with van der Waals surface area (Å²) in [6, 6.07) is -0.228. The van der Waals surface area contributed by atoms with Gasteiger partial charge in [-0.05, 0) is 50.9 Å². The van der Waals surface area contributed by atoms with Gasteiger partial charge in [0.25, 0.3) is 0 Å². The highest BCUT2D eigenvalue weighted by molar-refractivity contribution is 7.89. The van der Waals surface area contributed by atoms with Gasteiger partial charge in [-0.3, -0.25) is 0 Å². The molecule has 5 fully saturated rings. The summed E-state index contributed by atoms with van der Waals surface area (Å²) in [4.78, 5) is 0. The second kappa shape index (κ2) is 6.44. The van der Waals surface area contributed by atoms with Crippen molar-refractivity contribution in [3.05, 3.63) is 0 Å². The van der Waals surface area contributed by atoms with Crippen LogP contribution < -0.4 is 0 Å². The fourth-order valence-corrected chi connectivity index (χ4v) is 8.69. The fraction of sp³-hybridized carbons (Fsp3) is 1.00. The minimum atomic E-state index is -3.45. The molecule has 5 rings (SSSR count). The molecule has 2 bridgehead atoms. The Hall–Kier alpha value is -0.220. The number of ether oxygens (including phenoxy) is 1. The lowest BCUT2D eigenvalue weighted by Gasteiger charge is -2.46. The zero-order valence-electron chi connectivity index (χ0n) is 14.6. The van der Waals surface area contributed by atoms with Crippen LogP contribution in [0.25, 0.3) is 0 Å². The third-order valence-corrected chi connectivity index (χ3v) is 10.4. The van der Waals surface area contributed by atoms with E-state index in [1.165, 1.54) is 4.31 Å². The van der Waals surface area contributed by atoms with Crippen molar-refractivity contribution in [1.82, 2.24) is 8.61 Å². The van der Waals surface area contributed by atoms with Gasteiger partial charge in [0.15, 0.2) is 0 Å². The van der Waals surface area contributed by atoms with Gasteiger partial charge in [0.1, 0.15) is 0 Å². The molecule has 4 aliphatic heterocycles. The molecule has 25 heavy (non-hydrogen) atoms. The highest BCUT2D eigenvalue weighted by Gasteiger charge is 2.47. The summed E-state index contributed by atoms with van der Waals surface area (Å²) in [5, 5.41) is 0. The van der Waals surface area contributed by atoms with Gasteiger partial charge in [-0.1, -0.05) is 0 Å². The smallest absolute Gasteiger partial charge is 0.217 e. The summed E-state index contributed by atoms with van der Waals surface area (Å²) in [6.45, 7) is 2.00. The molecular weight excluding hydrogens is 364 g/mol. The highest BCUT2D eigenvalue weighted by Crippen LogP contribution is 2.42. The maximum atomic E-state index is 13.1. The fourth-order valence-electron chi connectivity index (χ4n) is 4.90. The van der Waals surface area contributed by atoms with Crippen LogP contribution in [0.3, 0.4) is 0 Å². The predicted molar refractivity (Wildman–Crippen MR) is 94.1 cm³/mol. The second-order valence-corrected chi connectivity index (χ2v) is 12.1. The predicted octanol–water partition coefficient (Wildman–Crippen LogP) is 0.775. The van der Waals surface area contributed by atoms with Crippen molar-refractivity contribution in [2.45, 2.75) is 56.6 Å². The maximum absolute atomic E-state index is 13.1. The van der Waals surface area contributed by atoms with Crippen LogP contribution in [0.15, 0.2) is 0 Å². The first-order valence-electron chi connectivity index (χ1n) is 9.41. The van der Waals surface area contributed by atoms with Gasteiger partial charge >= 0.3 is 0 Å². The Morgan fingerprint density at radius 3 is 2.44 bits per heavy atom. The molecule has 0 aromatic carbocycles. The largest absolute Gasteiger partial charge is 0.374 e. The molecule has 0 aromatic heterocycles. The van der Waals surface area contributed by atoms with E-state index >= 15 is 0 Å². The van der Waals surface area contributed by atoms with E-state index in [-0.39, 0.29) is 17.5 Å². The lowest BCUT2D eigenvalue weighted by atomic mass is 9.77. The third kappa shape index (κ3) is 3.50. The van der Waals surface area contributed by atoms with Crippen LogP contribution in [0, 0.1) is 5.92 Å². The van der Waals surface area contributed by atoms with E-state index < -0.39 is 25.6 Å². The van der Waals surface area contributed by atoms with Gasteiger partial charge in [0, 0.05) is 25.7 Å². The van der Waals surface area contributed by atoms with E-state index in [0.29, 0.717) is 38.6 Å². The molecule has 5 aliphatic rings. The standard InChI is InChI=1S/C16H28N2O5S2/c19-24(20)10-2-8-17(24)11-15-3-1-9-18(15)25(21,22)13-16-6-4-14(5-7-16)12-23-16/h14-15H,1-13H2/t14?,15-,16?/m1/s1. The van der Waals surface area contributed by atoms with E-state index in [4.69, 9.17) is 4.74 Å². The Morgan fingerprint density at radius 2 is 1.84 bits per heavy atom. The first-order valence-corrected chi connectivity index (χ1v) is 12.6. The van der Waals surface area contributed by atoms with E-state index in [2.05, 4.69) is 0 Å². The van der Waals surface area contributed by atoms with Crippen LogP contribution in [-0.2, 0) is 24.8 Å². The van der Waals surface area contributed by atoms with Crippen LogP contribution in [0.1, 0.15) is 44.9 Å². The van der Waals surface area contributed by atoms with Crippen molar-refractivity contribution in [2.24, 2.45) is 5.92 Å². The third-order valence-electron chi connectivity index (χ3n) is 6.39. The zero-order chi connectivity index (χ0) is 17.7. The first kappa shape index (κ1) is 18.2. The summed E-state index contributed by atoms with van der Waals surface area (Å²) in [6.07, 6.45) is 5.95. The molecule has 0 unspecified atom stereocenters. The van der Waals surface area contributed by atoms with E-state index in [1.54, 1.807) is 4.31 Å². The van der Waals surface area contributed by atoms with Crippen LogP contribution >= 0.6 is 0 Å². The number of sulfonamides is 2. The Bertz CT molecular complexity index is 699. The van der Waals surface area contributed by atoms with Crippen molar-refractivity contribution in [3.63, 3.8) is 0 Å². The van der Waals surface area contributed by atoms with Crippen LogP contribution in [-0.4, -0.2) is 74.8 Å². The molecule has 0 amide bonds. The monoisotopic (exact) mass is 392 g/mol. The molecule has 0 spiro atoms. The molecule has 0 aromatic rings. The molecule has 9 heteroatoms. The molecule has 144 valence electrons. The Morgan fingerprint density at radius 1 is 1.08 bits per heavy atom. The normalized spacial score (nSPS) is 39.2. The molecule has 0 radical (unpaired) electrons. The Balaban J connectivity index is 1.47. The van der Waals surface area contributed by atoms with Gasteiger partial charge in [0.2, 0.25) is 20.0 Å². The zero-order valence-corrected chi connectivity index (χ0v) is 16.2. The lowest BCUT2D eigenvalue weighted by Crippen LogP contribution is -2.53. The Labute approximate surface area is 150 Å². The summed E-state index contributed by atoms with van der Waals surface area (Å²) in [5.41, 5.74) is -0.513. The van der Waals surface area contributed by atoms with Gasteiger partial charge in [0.05, 0.1) is 23.7 Å². The summed E-state index contributed by atoms with van der Waals surface area (Å²) in [7, 11) is -6.64. The Kier molecular flexibility index (Phi) is 4.68. The molecular formula is C16H28N2O5S2. The van der Waals surface area contributed by atoms with Crippen LogP contribution in [0.4, 0.5) is 0 Å². The van der Waals surface area contributed by atoms with Gasteiger partial charge < -0.3 is 4.74 Å². The van der Waals surface area contributed by atoms with E-state index in [1.807, 2.05) is 0 Å². The van der Waals surface area contributed by atoms with Gasteiger partial charge in [-0.25, -0.2) is 21.1 Å². The maximum Gasteiger partial charge on any atom is 0.217 e. The number of hydrogen-bond donors (Lipinski definition) is 0. The second-order valence-electron chi connectivity index (χ2n) is 8.13. The van der Waals surface area contributed by atoms with Gasteiger partial charge in [-0.15, -0.1) is 0 Å². The number of nitrogens with zero attached hydrogens (tertiary/aromatic N) is 2. The molecule has 7 nitrogen and oxygen atoms in total. The quantitative estimate of drug-likeness (QED) is 0.690. The van der Waals surface area contributed by atoms with Crippen LogP contribution in [0.2, 0.25) is 0 Å². The number of rotatable bonds is 5. The first-order chi connectivity index (χ1) is 11.8. The minimum absolute atomic E-state index is 0.0516. The van der Waals surface area contributed by atoms with Crippen molar-refractivity contribution in [2.75, 3.05) is 37.7 Å². The number of hydrogen-bond acceptors (Lipinski definition) is 5. The molecule has 0 N–H and O–H groups in total. The topological polar surface area (TPSA) is 84.0 Å². The average molecular weight is 393 g/mol. The van der Waals surface area contributed by atoms with Crippen molar-refractivity contribution in [3.8, 4) is 0 Å². The summed E-state index contributed by atoms with van der Waals surface area (Å²) >= 11 is 0. The van der Waals surface area contributed by atoms with Crippen molar-refractivity contribution >= 4 is 20.0 Å². The SMILES string of the molecule is O=S1(=O)CCCN1C[C@H]1CCCN1S(=O)(=O)CC12CCC(CC1)CO2. The summed E-state index contributed by atoms with van der Waals surface area (Å²) < 4.78 is 59.3. The molecule has 1 saturated carbocycles. The molecule has 1 atom stereocenters. The summed E-state index contributed by atoms with van der Waals surface area (Å²) in [5.74, 6) is 0.838. The molecule has 4 saturated heterocycles.